The van der Waals surface area contributed by atoms with Gasteiger partial charge in [0.05, 0.1) is 6.33 Å². The standard InChI is InChI=1S/C15H19N3O2/c1-10-6-11(7-14(16)15(19)20)2-3-12(10)4-5-13-8-17-9-18-13/h2-3,6,8-9,14H,4-5,7,16H2,1H3,(H,17,18)(H,19,20)/t14-/m0/s1. The zero-order valence-corrected chi connectivity index (χ0v) is 11.5. The second kappa shape index (κ2) is 6.34. The number of carbonyl (C=O) groups is 1. The van der Waals surface area contributed by atoms with Crippen LogP contribution in [0.15, 0.2) is 30.7 Å². The number of aromatic nitrogens is 2. The van der Waals surface area contributed by atoms with Gasteiger partial charge in [0, 0.05) is 11.9 Å². The van der Waals surface area contributed by atoms with Crippen LogP contribution in [0.25, 0.3) is 0 Å². The Morgan fingerprint density at radius 1 is 1.45 bits per heavy atom. The molecule has 0 aliphatic heterocycles. The normalized spacial score (nSPS) is 12.3. The number of aliphatic carboxylic acids is 1. The molecule has 0 saturated carbocycles. The minimum absolute atomic E-state index is 0.358. The van der Waals surface area contributed by atoms with E-state index < -0.39 is 12.0 Å². The lowest BCUT2D eigenvalue weighted by Crippen LogP contribution is -2.32. The molecule has 0 bridgehead atoms. The van der Waals surface area contributed by atoms with Gasteiger partial charge in [0.25, 0.3) is 0 Å². The molecule has 2 aromatic rings. The first-order valence-electron chi connectivity index (χ1n) is 6.60. The predicted molar refractivity (Wildman–Crippen MR) is 76.5 cm³/mol. The van der Waals surface area contributed by atoms with Crippen LogP contribution in [0.3, 0.4) is 0 Å². The quantitative estimate of drug-likeness (QED) is 0.743. The van der Waals surface area contributed by atoms with Gasteiger partial charge in [-0.05, 0) is 42.9 Å². The maximum absolute atomic E-state index is 10.8. The van der Waals surface area contributed by atoms with Gasteiger partial charge in [-0.15, -0.1) is 0 Å². The van der Waals surface area contributed by atoms with Crippen LogP contribution in [0, 0.1) is 6.92 Å². The number of nitrogens with two attached hydrogens (primary N) is 1. The van der Waals surface area contributed by atoms with E-state index in [0.29, 0.717) is 6.42 Å². The van der Waals surface area contributed by atoms with Crippen molar-refractivity contribution in [3.8, 4) is 0 Å². The van der Waals surface area contributed by atoms with Gasteiger partial charge in [-0.3, -0.25) is 4.79 Å². The van der Waals surface area contributed by atoms with Crippen LogP contribution < -0.4 is 5.73 Å². The zero-order valence-electron chi connectivity index (χ0n) is 11.5. The summed E-state index contributed by atoms with van der Waals surface area (Å²) in [6.07, 6.45) is 5.71. The Hall–Kier alpha value is -2.14. The van der Waals surface area contributed by atoms with Crippen LogP contribution in [0.5, 0.6) is 0 Å². The fraction of sp³-hybridized carbons (Fsp3) is 0.333. The van der Waals surface area contributed by atoms with Crippen molar-refractivity contribution in [2.45, 2.75) is 32.2 Å². The van der Waals surface area contributed by atoms with Gasteiger partial charge in [0.1, 0.15) is 6.04 Å². The van der Waals surface area contributed by atoms with E-state index in [9.17, 15) is 4.79 Å². The lowest BCUT2D eigenvalue weighted by Gasteiger charge is -2.10. The molecule has 0 amide bonds. The highest BCUT2D eigenvalue weighted by Crippen LogP contribution is 2.14. The Labute approximate surface area is 117 Å². The van der Waals surface area contributed by atoms with Crippen LogP contribution in [-0.2, 0) is 24.1 Å². The second-order valence-corrected chi connectivity index (χ2v) is 4.99. The molecule has 2 rings (SSSR count). The third-order valence-corrected chi connectivity index (χ3v) is 3.40. The number of carboxylic acid groups (broad SMARTS) is 1. The maximum atomic E-state index is 10.8. The molecule has 0 spiro atoms. The molecule has 4 N–H and O–H groups in total. The van der Waals surface area contributed by atoms with Crippen molar-refractivity contribution >= 4 is 5.97 Å². The number of H-pyrrole nitrogens is 1. The molecule has 20 heavy (non-hydrogen) atoms. The van der Waals surface area contributed by atoms with E-state index >= 15 is 0 Å². The summed E-state index contributed by atoms with van der Waals surface area (Å²) in [7, 11) is 0. The van der Waals surface area contributed by atoms with Gasteiger partial charge in [0.15, 0.2) is 0 Å². The third-order valence-electron chi connectivity index (χ3n) is 3.40. The molecule has 5 heteroatoms. The summed E-state index contributed by atoms with van der Waals surface area (Å²) in [5.74, 6) is -0.967. The molecule has 1 aromatic heterocycles. The predicted octanol–water partition coefficient (Wildman–Crippen LogP) is 1.46. The van der Waals surface area contributed by atoms with Gasteiger partial charge in [-0.1, -0.05) is 18.2 Å². The molecule has 0 aliphatic carbocycles. The van der Waals surface area contributed by atoms with Gasteiger partial charge in [0.2, 0.25) is 0 Å². The smallest absolute Gasteiger partial charge is 0.320 e. The van der Waals surface area contributed by atoms with Crippen molar-refractivity contribution in [3.05, 3.63) is 53.1 Å². The second-order valence-electron chi connectivity index (χ2n) is 4.99. The van der Waals surface area contributed by atoms with Crippen LogP contribution in [0.1, 0.15) is 22.4 Å². The lowest BCUT2D eigenvalue weighted by molar-refractivity contribution is -0.138. The minimum Gasteiger partial charge on any atom is -0.480 e. The fourth-order valence-corrected chi connectivity index (χ4v) is 2.20. The van der Waals surface area contributed by atoms with E-state index in [2.05, 4.69) is 16.0 Å². The number of hydrogen-bond acceptors (Lipinski definition) is 3. The van der Waals surface area contributed by atoms with Crippen molar-refractivity contribution < 1.29 is 9.90 Å². The number of nitrogens with zero attached hydrogens (tertiary/aromatic N) is 1. The molecule has 1 heterocycles. The molecular formula is C15H19N3O2. The third kappa shape index (κ3) is 3.68. The number of nitrogens with one attached hydrogen (secondary N) is 1. The van der Waals surface area contributed by atoms with Crippen molar-refractivity contribution in [2.75, 3.05) is 0 Å². The van der Waals surface area contributed by atoms with E-state index in [1.807, 2.05) is 25.3 Å². The van der Waals surface area contributed by atoms with Gasteiger partial charge in [-0.2, -0.15) is 0 Å². The topological polar surface area (TPSA) is 92.0 Å². The van der Waals surface area contributed by atoms with Crippen LogP contribution in [-0.4, -0.2) is 27.1 Å². The minimum atomic E-state index is -0.967. The largest absolute Gasteiger partial charge is 0.480 e. The number of benzene rings is 1. The van der Waals surface area contributed by atoms with E-state index in [4.69, 9.17) is 10.8 Å². The van der Waals surface area contributed by atoms with Crippen LogP contribution in [0.2, 0.25) is 0 Å². The number of aromatic amines is 1. The highest BCUT2D eigenvalue weighted by Gasteiger charge is 2.12. The fourth-order valence-electron chi connectivity index (χ4n) is 2.20. The Bertz CT molecular complexity index is 579. The van der Waals surface area contributed by atoms with Crippen LogP contribution >= 0.6 is 0 Å². The van der Waals surface area contributed by atoms with Crippen molar-refractivity contribution in [1.29, 1.82) is 0 Å². The first-order chi connectivity index (χ1) is 9.56. The van der Waals surface area contributed by atoms with E-state index in [-0.39, 0.29) is 0 Å². The average molecular weight is 273 g/mol. The number of carboxylic acids is 1. The summed E-state index contributed by atoms with van der Waals surface area (Å²) in [6, 6.07) is 5.18. The van der Waals surface area contributed by atoms with Crippen LogP contribution in [0.4, 0.5) is 0 Å². The van der Waals surface area contributed by atoms with Crippen molar-refractivity contribution in [3.63, 3.8) is 0 Å². The Kier molecular flexibility index (Phi) is 4.53. The maximum Gasteiger partial charge on any atom is 0.320 e. The van der Waals surface area contributed by atoms with E-state index in [1.165, 1.54) is 11.1 Å². The molecule has 5 nitrogen and oxygen atoms in total. The van der Waals surface area contributed by atoms with Gasteiger partial charge >= 0.3 is 5.97 Å². The number of hydrogen-bond donors (Lipinski definition) is 3. The van der Waals surface area contributed by atoms with E-state index in [0.717, 1.165) is 24.1 Å². The average Bonchev–Trinajstić information content (AvgIpc) is 2.90. The molecule has 0 radical (unpaired) electrons. The summed E-state index contributed by atoms with van der Waals surface area (Å²) < 4.78 is 0. The monoisotopic (exact) mass is 273 g/mol. The molecular weight excluding hydrogens is 254 g/mol. The van der Waals surface area contributed by atoms with Crippen molar-refractivity contribution in [2.24, 2.45) is 5.73 Å². The Balaban J connectivity index is 2.00. The molecule has 0 aliphatic rings. The number of aryl methyl sites for hydroxylation is 3. The first kappa shape index (κ1) is 14.3. The molecule has 1 aromatic carbocycles. The SMILES string of the molecule is Cc1cc(C[C@H](N)C(=O)O)ccc1CCc1cnc[nH]1. The molecule has 0 saturated heterocycles. The van der Waals surface area contributed by atoms with Gasteiger partial charge in [-0.25, -0.2) is 4.98 Å². The molecule has 0 unspecified atom stereocenters. The molecule has 1 atom stereocenters. The summed E-state index contributed by atoms with van der Waals surface area (Å²) in [5.41, 5.74) is 10.0. The highest BCUT2D eigenvalue weighted by atomic mass is 16.4. The molecule has 0 fully saturated rings. The summed E-state index contributed by atoms with van der Waals surface area (Å²) in [5, 5.41) is 8.82. The number of imidazole rings is 1. The highest BCUT2D eigenvalue weighted by molar-refractivity contribution is 5.73. The Morgan fingerprint density at radius 3 is 2.85 bits per heavy atom. The summed E-state index contributed by atoms with van der Waals surface area (Å²) >= 11 is 0. The lowest BCUT2D eigenvalue weighted by atomic mass is 9.97. The summed E-state index contributed by atoms with van der Waals surface area (Å²) in [4.78, 5) is 17.8. The first-order valence-corrected chi connectivity index (χ1v) is 6.60. The van der Waals surface area contributed by atoms with E-state index in [1.54, 1.807) is 6.33 Å². The van der Waals surface area contributed by atoms with Crippen molar-refractivity contribution in [1.82, 2.24) is 9.97 Å². The summed E-state index contributed by atoms with van der Waals surface area (Å²) in [6.45, 7) is 2.04. The Morgan fingerprint density at radius 2 is 2.25 bits per heavy atom. The number of rotatable bonds is 6. The molecule has 106 valence electrons. The van der Waals surface area contributed by atoms with Gasteiger partial charge < -0.3 is 15.8 Å². The zero-order chi connectivity index (χ0) is 14.5.